The second-order valence-corrected chi connectivity index (χ2v) is 11.1. The summed E-state index contributed by atoms with van der Waals surface area (Å²) in [5, 5.41) is 10.6. The second kappa shape index (κ2) is 12.7. The maximum absolute atomic E-state index is 13.3. The molecule has 220 valence electrons. The van der Waals surface area contributed by atoms with Gasteiger partial charge >= 0.3 is 12.2 Å². The number of nitrogens with one attached hydrogen (secondary N) is 2. The topological polar surface area (TPSA) is 79.3 Å². The fourth-order valence-electron chi connectivity index (χ4n) is 4.11. The molecule has 1 aromatic heterocycles. The van der Waals surface area contributed by atoms with Crippen LogP contribution in [0.4, 0.5) is 29.5 Å². The molecule has 0 saturated carbocycles. The van der Waals surface area contributed by atoms with Crippen molar-refractivity contribution in [3.8, 4) is 5.69 Å². The Morgan fingerprint density at radius 2 is 1.55 bits per heavy atom. The number of carbonyl (C=O) groups excluding carboxylic acids is 2. The number of carbonyl (C=O) groups is 2. The minimum absolute atomic E-state index is 0.171. The van der Waals surface area contributed by atoms with E-state index in [0.29, 0.717) is 22.9 Å². The van der Waals surface area contributed by atoms with Gasteiger partial charge in [0, 0.05) is 23.7 Å². The first kappa shape index (κ1) is 30.6. The summed E-state index contributed by atoms with van der Waals surface area (Å²) in [4.78, 5) is 27.9. The standard InChI is InChI=1S/C31H31ClF3N5O2/c1-30(2,3)26-19-27(40(38-26)25-12-8-7-11-24(25)32)37-28(41)20-39(18-17-21-9-5-4-6-10-21)29(42)36-23-15-13-22(14-16-23)31(33,34)35/h4-16,19H,17-18,20H2,1-3H3,(H,36,42)(H,37,41). The van der Waals surface area contributed by atoms with E-state index in [1.807, 2.05) is 57.2 Å². The van der Waals surface area contributed by atoms with Crippen molar-refractivity contribution < 1.29 is 22.8 Å². The third kappa shape index (κ3) is 7.91. The van der Waals surface area contributed by atoms with Gasteiger partial charge in [-0.3, -0.25) is 4.79 Å². The maximum atomic E-state index is 13.3. The average Bonchev–Trinajstić information content (AvgIpc) is 3.35. The predicted octanol–water partition coefficient (Wildman–Crippen LogP) is 7.56. The number of rotatable bonds is 8. The minimum atomic E-state index is -4.49. The van der Waals surface area contributed by atoms with Crippen LogP contribution in [0.5, 0.6) is 0 Å². The molecule has 0 aliphatic carbocycles. The lowest BCUT2D eigenvalue weighted by atomic mass is 9.92. The van der Waals surface area contributed by atoms with E-state index in [-0.39, 0.29) is 24.2 Å². The molecule has 0 fully saturated rings. The van der Waals surface area contributed by atoms with Crippen molar-refractivity contribution >= 4 is 35.0 Å². The third-order valence-electron chi connectivity index (χ3n) is 6.42. The fraction of sp³-hybridized carbons (Fsp3) is 0.258. The number of urea groups is 1. The zero-order valence-corrected chi connectivity index (χ0v) is 24.1. The van der Waals surface area contributed by atoms with Crippen LogP contribution in [0.25, 0.3) is 5.69 Å². The molecule has 2 N–H and O–H groups in total. The highest BCUT2D eigenvalue weighted by Crippen LogP contribution is 2.30. The normalized spacial score (nSPS) is 11.7. The van der Waals surface area contributed by atoms with Crippen LogP contribution in [0.15, 0.2) is 84.9 Å². The van der Waals surface area contributed by atoms with Crippen LogP contribution in [0.1, 0.15) is 37.6 Å². The molecule has 0 saturated heterocycles. The van der Waals surface area contributed by atoms with Gasteiger partial charge in [0.15, 0.2) is 0 Å². The summed E-state index contributed by atoms with van der Waals surface area (Å²) in [5.41, 5.74) is 1.27. The largest absolute Gasteiger partial charge is 0.416 e. The number of hydrogen-bond donors (Lipinski definition) is 2. The lowest BCUT2D eigenvalue weighted by Gasteiger charge is -2.23. The van der Waals surface area contributed by atoms with Crippen molar-refractivity contribution in [2.75, 3.05) is 23.7 Å². The molecule has 7 nitrogen and oxygen atoms in total. The number of hydrogen-bond acceptors (Lipinski definition) is 3. The number of amides is 3. The lowest BCUT2D eigenvalue weighted by Crippen LogP contribution is -2.42. The molecule has 42 heavy (non-hydrogen) atoms. The molecule has 0 aliphatic rings. The number of aromatic nitrogens is 2. The van der Waals surface area contributed by atoms with Gasteiger partial charge in [0.2, 0.25) is 5.91 Å². The molecule has 0 unspecified atom stereocenters. The monoisotopic (exact) mass is 597 g/mol. The Morgan fingerprint density at radius 3 is 2.17 bits per heavy atom. The van der Waals surface area contributed by atoms with E-state index in [0.717, 1.165) is 23.4 Å². The van der Waals surface area contributed by atoms with Crippen LogP contribution >= 0.6 is 11.6 Å². The Hall–Kier alpha value is -4.31. The van der Waals surface area contributed by atoms with Gasteiger partial charge < -0.3 is 15.5 Å². The Labute approximate surface area is 247 Å². The van der Waals surface area contributed by atoms with Crippen LogP contribution < -0.4 is 10.6 Å². The molecule has 0 bridgehead atoms. The van der Waals surface area contributed by atoms with Crippen molar-refractivity contribution in [3.63, 3.8) is 0 Å². The van der Waals surface area contributed by atoms with E-state index >= 15 is 0 Å². The van der Waals surface area contributed by atoms with Crippen LogP contribution in [-0.4, -0.2) is 39.7 Å². The zero-order chi connectivity index (χ0) is 30.5. The molecule has 3 aromatic carbocycles. The molecular formula is C31H31ClF3N5O2. The smallest absolute Gasteiger partial charge is 0.315 e. The summed E-state index contributed by atoms with van der Waals surface area (Å²) >= 11 is 6.43. The predicted molar refractivity (Wildman–Crippen MR) is 158 cm³/mol. The SMILES string of the molecule is CC(C)(C)c1cc(NC(=O)CN(CCc2ccccc2)C(=O)Nc2ccc(C(F)(F)F)cc2)n(-c2ccccc2Cl)n1. The first-order valence-corrected chi connectivity index (χ1v) is 13.6. The highest BCUT2D eigenvalue weighted by Gasteiger charge is 2.30. The summed E-state index contributed by atoms with van der Waals surface area (Å²) in [6, 6.07) is 21.8. The molecule has 4 aromatic rings. The summed E-state index contributed by atoms with van der Waals surface area (Å²) < 4.78 is 40.5. The van der Waals surface area contributed by atoms with Crippen molar-refractivity contribution in [2.24, 2.45) is 0 Å². The molecule has 4 rings (SSSR count). The quantitative estimate of drug-likeness (QED) is 0.220. The summed E-state index contributed by atoms with van der Waals surface area (Å²) in [6.45, 7) is 5.84. The fourth-order valence-corrected chi connectivity index (χ4v) is 4.32. The van der Waals surface area contributed by atoms with E-state index < -0.39 is 23.7 Å². The van der Waals surface area contributed by atoms with Gasteiger partial charge in [-0.25, -0.2) is 9.48 Å². The first-order chi connectivity index (χ1) is 19.8. The van der Waals surface area contributed by atoms with Crippen molar-refractivity contribution in [3.05, 3.63) is 107 Å². The number of nitrogens with zero attached hydrogens (tertiary/aromatic N) is 3. The van der Waals surface area contributed by atoms with Crippen molar-refractivity contribution in [1.29, 1.82) is 0 Å². The lowest BCUT2D eigenvalue weighted by molar-refractivity contribution is -0.137. The van der Waals surface area contributed by atoms with E-state index in [1.165, 1.54) is 17.0 Å². The van der Waals surface area contributed by atoms with Gasteiger partial charge in [-0.1, -0.05) is 74.8 Å². The van der Waals surface area contributed by atoms with E-state index in [9.17, 15) is 22.8 Å². The molecule has 0 radical (unpaired) electrons. The van der Waals surface area contributed by atoms with Gasteiger partial charge in [0.1, 0.15) is 12.4 Å². The number of benzene rings is 3. The van der Waals surface area contributed by atoms with Crippen LogP contribution in [0.2, 0.25) is 5.02 Å². The van der Waals surface area contributed by atoms with Gasteiger partial charge in [-0.05, 0) is 48.4 Å². The summed E-state index contributed by atoms with van der Waals surface area (Å²) in [5.74, 6) is -0.108. The van der Waals surface area contributed by atoms with Gasteiger partial charge in [0.25, 0.3) is 0 Å². The Balaban J connectivity index is 1.55. The zero-order valence-electron chi connectivity index (χ0n) is 23.4. The van der Waals surface area contributed by atoms with Crippen molar-refractivity contribution in [1.82, 2.24) is 14.7 Å². The average molecular weight is 598 g/mol. The highest BCUT2D eigenvalue weighted by molar-refractivity contribution is 6.32. The second-order valence-electron chi connectivity index (χ2n) is 10.7. The minimum Gasteiger partial charge on any atom is -0.315 e. The van der Waals surface area contributed by atoms with Crippen molar-refractivity contribution in [2.45, 2.75) is 38.8 Å². The third-order valence-corrected chi connectivity index (χ3v) is 6.74. The Bertz CT molecular complexity index is 1530. The Morgan fingerprint density at radius 1 is 0.905 bits per heavy atom. The van der Waals surface area contributed by atoms with E-state index in [1.54, 1.807) is 28.9 Å². The van der Waals surface area contributed by atoms with Crippen LogP contribution in [0, 0.1) is 0 Å². The molecular weight excluding hydrogens is 567 g/mol. The molecule has 0 aliphatic heterocycles. The number of halogens is 4. The summed E-state index contributed by atoms with van der Waals surface area (Å²) in [7, 11) is 0. The molecule has 11 heteroatoms. The maximum Gasteiger partial charge on any atom is 0.416 e. The van der Waals surface area contributed by atoms with Crippen LogP contribution in [-0.2, 0) is 22.8 Å². The summed E-state index contributed by atoms with van der Waals surface area (Å²) in [6.07, 6.45) is -4.04. The molecule has 3 amide bonds. The molecule has 0 spiro atoms. The number of alkyl halides is 3. The van der Waals surface area contributed by atoms with E-state index in [4.69, 9.17) is 11.6 Å². The highest BCUT2D eigenvalue weighted by atomic mass is 35.5. The van der Waals surface area contributed by atoms with Gasteiger partial charge in [0.05, 0.1) is 22.0 Å². The van der Waals surface area contributed by atoms with E-state index in [2.05, 4.69) is 15.7 Å². The van der Waals surface area contributed by atoms with Gasteiger partial charge in [-0.2, -0.15) is 18.3 Å². The van der Waals surface area contributed by atoms with Gasteiger partial charge in [-0.15, -0.1) is 0 Å². The van der Waals surface area contributed by atoms with Crippen LogP contribution in [0.3, 0.4) is 0 Å². The molecule has 0 atom stereocenters. The number of para-hydroxylation sites is 1. The number of anilines is 2. The first-order valence-electron chi connectivity index (χ1n) is 13.2. The molecule has 1 heterocycles. The Kier molecular flexibility index (Phi) is 9.26.